The molecule has 0 heterocycles. The largest absolute Gasteiger partial charge is 0.550 e. The number of carboxylic acids is 1. The van der Waals surface area contributed by atoms with Crippen LogP contribution in [0.15, 0.2) is 18.2 Å². The summed E-state index contributed by atoms with van der Waals surface area (Å²) in [5.74, 6) is -0.399. The van der Waals surface area contributed by atoms with Gasteiger partial charge in [0.2, 0.25) is 0 Å². The van der Waals surface area contributed by atoms with Crippen LogP contribution in [0, 0.1) is 0 Å². The van der Waals surface area contributed by atoms with Crippen molar-refractivity contribution in [3.05, 3.63) is 29.3 Å². The molecule has 0 bridgehead atoms. The van der Waals surface area contributed by atoms with E-state index in [1.165, 1.54) is 0 Å². The second kappa shape index (κ2) is 5.21. The molecule has 17 heavy (non-hydrogen) atoms. The summed E-state index contributed by atoms with van der Waals surface area (Å²) in [6.07, 6.45) is -0.112. The van der Waals surface area contributed by atoms with Gasteiger partial charge in [0.15, 0.2) is 0 Å². The zero-order valence-corrected chi connectivity index (χ0v) is 10.9. The highest BCUT2D eigenvalue weighted by molar-refractivity contribution is 5.69. The fourth-order valence-corrected chi connectivity index (χ4v) is 1.78. The Kier molecular flexibility index (Phi) is 4.16. The maximum absolute atomic E-state index is 10.7. The first-order valence-corrected chi connectivity index (χ1v) is 5.81. The summed E-state index contributed by atoms with van der Waals surface area (Å²) in [5.41, 5.74) is 1.63. The average Bonchev–Trinajstić information content (AvgIpc) is 2.18. The van der Waals surface area contributed by atoms with Gasteiger partial charge in [-0.25, -0.2) is 0 Å². The molecular formula is C14H19O3-. The molecule has 0 fully saturated rings. The highest BCUT2D eigenvalue weighted by Crippen LogP contribution is 2.34. The fourth-order valence-electron chi connectivity index (χ4n) is 1.78. The minimum Gasteiger partial charge on any atom is -0.550 e. The van der Waals surface area contributed by atoms with E-state index in [2.05, 4.69) is 20.8 Å². The molecule has 3 heteroatoms. The number of hydrogen-bond donors (Lipinski definition) is 0. The smallest absolute Gasteiger partial charge is 0.126 e. The van der Waals surface area contributed by atoms with Crippen LogP contribution in [0.2, 0.25) is 0 Å². The van der Waals surface area contributed by atoms with E-state index in [0.717, 1.165) is 5.56 Å². The van der Waals surface area contributed by atoms with E-state index in [9.17, 15) is 9.90 Å². The number of benzene rings is 1. The zero-order valence-electron chi connectivity index (χ0n) is 10.9. The minimum absolute atomic E-state index is 0.0769. The molecule has 94 valence electrons. The molecule has 3 nitrogen and oxygen atoms in total. The van der Waals surface area contributed by atoms with Crippen LogP contribution in [0.25, 0.3) is 0 Å². The topological polar surface area (TPSA) is 49.4 Å². The third kappa shape index (κ3) is 3.48. The standard InChI is InChI=1S/C14H20O3/c1-5-17-13-10(9-12(15)16)7-6-8-11(13)14(2,3)4/h6-8H,5,9H2,1-4H3,(H,15,16)/p-1. The molecule has 0 atom stereocenters. The number of carbonyl (C=O) groups is 1. The van der Waals surface area contributed by atoms with Gasteiger partial charge >= 0.3 is 0 Å². The third-order valence-electron chi connectivity index (χ3n) is 2.53. The Morgan fingerprint density at radius 2 is 2.00 bits per heavy atom. The first kappa shape index (κ1) is 13.6. The number of ether oxygens (including phenoxy) is 1. The summed E-state index contributed by atoms with van der Waals surface area (Å²) in [4.78, 5) is 10.7. The number of hydrogen-bond acceptors (Lipinski definition) is 3. The normalized spacial score (nSPS) is 11.3. The lowest BCUT2D eigenvalue weighted by atomic mass is 9.85. The Balaban J connectivity index is 3.26. The summed E-state index contributed by atoms with van der Waals surface area (Å²) in [5, 5.41) is 10.7. The molecule has 1 aromatic carbocycles. The van der Waals surface area contributed by atoms with Crippen molar-refractivity contribution in [2.45, 2.75) is 39.5 Å². The van der Waals surface area contributed by atoms with Crippen LogP contribution in [0.4, 0.5) is 0 Å². The zero-order chi connectivity index (χ0) is 13.1. The molecule has 0 radical (unpaired) electrons. The van der Waals surface area contributed by atoms with Gasteiger partial charge in [-0.2, -0.15) is 0 Å². The molecule has 0 aliphatic carbocycles. The lowest BCUT2D eigenvalue weighted by Crippen LogP contribution is -2.25. The van der Waals surface area contributed by atoms with Crippen molar-refractivity contribution in [3.8, 4) is 5.75 Å². The lowest BCUT2D eigenvalue weighted by Gasteiger charge is -2.24. The molecule has 0 spiro atoms. The maximum atomic E-state index is 10.7. The number of aliphatic carboxylic acids is 1. The van der Waals surface area contributed by atoms with Gasteiger partial charge in [-0.05, 0) is 17.9 Å². The fraction of sp³-hybridized carbons (Fsp3) is 0.500. The quantitative estimate of drug-likeness (QED) is 0.797. The third-order valence-corrected chi connectivity index (χ3v) is 2.53. The molecule has 0 unspecified atom stereocenters. The van der Waals surface area contributed by atoms with Gasteiger partial charge in [-0.15, -0.1) is 0 Å². The second-order valence-corrected chi connectivity index (χ2v) is 5.03. The summed E-state index contributed by atoms with van der Waals surface area (Å²) < 4.78 is 5.60. The van der Waals surface area contributed by atoms with Crippen molar-refractivity contribution in [2.75, 3.05) is 6.61 Å². The molecule has 0 amide bonds. The second-order valence-electron chi connectivity index (χ2n) is 5.03. The van der Waals surface area contributed by atoms with E-state index in [-0.39, 0.29) is 11.8 Å². The Morgan fingerprint density at radius 3 is 2.47 bits per heavy atom. The van der Waals surface area contributed by atoms with Crippen LogP contribution < -0.4 is 9.84 Å². The van der Waals surface area contributed by atoms with Crippen molar-refractivity contribution in [3.63, 3.8) is 0 Å². The van der Waals surface area contributed by atoms with Crippen molar-refractivity contribution in [1.29, 1.82) is 0 Å². The molecule has 0 aliphatic rings. The first-order chi connectivity index (χ1) is 7.86. The molecule has 0 saturated heterocycles. The lowest BCUT2D eigenvalue weighted by molar-refractivity contribution is -0.304. The van der Waals surface area contributed by atoms with Crippen LogP contribution in [0.5, 0.6) is 5.75 Å². The highest BCUT2D eigenvalue weighted by Gasteiger charge is 2.20. The van der Waals surface area contributed by atoms with Gasteiger partial charge in [0.1, 0.15) is 5.75 Å². The summed E-state index contributed by atoms with van der Waals surface area (Å²) in [7, 11) is 0. The predicted octanol–water partition coefficient (Wildman–Crippen LogP) is 1.68. The van der Waals surface area contributed by atoms with Crippen LogP contribution in [0.3, 0.4) is 0 Å². The summed E-state index contributed by atoms with van der Waals surface area (Å²) in [6, 6.07) is 5.61. The Labute approximate surface area is 102 Å². The van der Waals surface area contributed by atoms with Crippen molar-refractivity contribution in [2.24, 2.45) is 0 Å². The molecule has 0 aromatic heterocycles. The van der Waals surface area contributed by atoms with E-state index in [1.807, 2.05) is 19.1 Å². The van der Waals surface area contributed by atoms with Crippen molar-refractivity contribution >= 4 is 5.97 Å². The van der Waals surface area contributed by atoms with Gasteiger partial charge in [0, 0.05) is 18.0 Å². The van der Waals surface area contributed by atoms with Gasteiger partial charge < -0.3 is 14.6 Å². The van der Waals surface area contributed by atoms with E-state index >= 15 is 0 Å². The van der Waals surface area contributed by atoms with E-state index < -0.39 is 5.97 Å². The van der Waals surface area contributed by atoms with Gasteiger partial charge in [-0.3, -0.25) is 0 Å². The molecule has 0 N–H and O–H groups in total. The predicted molar refractivity (Wildman–Crippen MR) is 65.0 cm³/mol. The van der Waals surface area contributed by atoms with Crippen LogP contribution in [-0.2, 0) is 16.6 Å². The van der Waals surface area contributed by atoms with Crippen LogP contribution >= 0.6 is 0 Å². The highest BCUT2D eigenvalue weighted by atomic mass is 16.5. The molecular weight excluding hydrogens is 216 g/mol. The minimum atomic E-state index is -1.09. The molecule has 1 rings (SSSR count). The SMILES string of the molecule is CCOc1c(CC(=O)[O-])cccc1C(C)(C)C. The van der Waals surface area contributed by atoms with E-state index in [4.69, 9.17) is 4.74 Å². The summed E-state index contributed by atoms with van der Waals surface area (Å²) in [6.45, 7) is 8.64. The van der Waals surface area contributed by atoms with E-state index in [0.29, 0.717) is 17.9 Å². The van der Waals surface area contributed by atoms with Crippen LogP contribution in [-0.4, -0.2) is 12.6 Å². The van der Waals surface area contributed by atoms with Gasteiger partial charge in [0.05, 0.1) is 6.61 Å². The number of carboxylic acid groups (broad SMARTS) is 1. The Morgan fingerprint density at radius 1 is 1.35 bits per heavy atom. The molecule has 0 aliphatic heterocycles. The number of rotatable bonds is 4. The maximum Gasteiger partial charge on any atom is 0.126 e. The summed E-state index contributed by atoms with van der Waals surface area (Å²) >= 11 is 0. The number of carbonyl (C=O) groups excluding carboxylic acids is 1. The van der Waals surface area contributed by atoms with Crippen molar-refractivity contribution < 1.29 is 14.6 Å². The van der Waals surface area contributed by atoms with Gasteiger partial charge in [-0.1, -0.05) is 39.0 Å². The Bertz CT molecular complexity index is 402. The van der Waals surface area contributed by atoms with Crippen molar-refractivity contribution in [1.82, 2.24) is 0 Å². The van der Waals surface area contributed by atoms with Gasteiger partial charge in [0.25, 0.3) is 0 Å². The van der Waals surface area contributed by atoms with E-state index in [1.54, 1.807) is 6.07 Å². The Hall–Kier alpha value is -1.51. The first-order valence-electron chi connectivity index (χ1n) is 5.81. The molecule has 0 saturated carbocycles. The number of para-hydroxylation sites is 1. The average molecular weight is 235 g/mol. The molecule has 1 aromatic rings. The van der Waals surface area contributed by atoms with Crippen LogP contribution in [0.1, 0.15) is 38.8 Å². The monoisotopic (exact) mass is 235 g/mol.